The van der Waals surface area contributed by atoms with Crippen molar-refractivity contribution in [2.45, 2.75) is 92.2 Å². The van der Waals surface area contributed by atoms with Crippen molar-refractivity contribution >= 4 is 27.0 Å². The van der Waals surface area contributed by atoms with Crippen LogP contribution in [0, 0.1) is 6.92 Å². The second-order valence-electron chi connectivity index (χ2n) is 14.4. The monoisotopic (exact) mass is 768 g/mol. The van der Waals surface area contributed by atoms with E-state index in [2.05, 4.69) is 178 Å². The molecule has 0 N–H and O–H groups in total. The van der Waals surface area contributed by atoms with Crippen molar-refractivity contribution in [2.24, 2.45) is 0 Å². The Morgan fingerprint density at radius 3 is 1.60 bits per heavy atom. The normalized spacial score (nSPS) is 11.5. The Hall–Kier alpha value is -2.22. The van der Waals surface area contributed by atoms with Crippen LogP contribution in [-0.4, -0.2) is 5.43 Å². The van der Waals surface area contributed by atoms with Crippen LogP contribution in [0.1, 0.15) is 89.0 Å². The first-order chi connectivity index (χ1) is 21.8. The first-order valence-electron chi connectivity index (χ1n) is 16.9. The van der Waals surface area contributed by atoms with Gasteiger partial charge in [-0.3, -0.25) is 0 Å². The van der Waals surface area contributed by atoms with Crippen molar-refractivity contribution in [1.82, 2.24) is 0 Å². The van der Waals surface area contributed by atoms with Gasteiger partial charge in [0.1, 0.15) is 0 Å². The minimum Gasteiger partial charge on any atom is -1.00 e. The van der Waals surface area contributed by atoms with E-state index in [1.165, 1.54) is 72.5 Å². The summed E-state index contributed by atoms with van der Waals surface area (Å²) in [6.45, 7) is 22.6. The van der Waals surface area contributed by atoms with Crippen LogP contribution in [0.3, 0.4) is 0 Å². The number of hydrogen-bond acceptors (Lipinski definition) is 0. The quantitative estimate of drug-likeness (QED) is 0.126. The minimum absolute atomic E-state index is 0. The van der Waals surface area contributed by atoms with Crippen LogP contribution in [0.5, 0.6) is 0 Å². The molecule has 0 saturated heterocycles. The van der Waals surface area contributed by atoms with E-state index in [4.69, 9.17) is 0 Å². The maximum absolute atomic E-state index is 2.39. The Bertz CT molecular complexity index is 1880. The van der Waals surface area contributed by atoms with E-state index in [9.17, 15) is 0 Å². The molecule has 0 aliphatic carbocycles. The summed E-state index contributed by atoms with van der Waals surface area (Å²) < 4.78 is 0. The summed E-state index contributed by atoms with van der Waals surface area (Å²) in [6, 6.07) is 40.5. The summed E-state index contributed by atoms with van der Waals surface area (Å²) in [7, 11) is 0. The summed E-state index contributed by atoms with van der Waals surface area (Å²) in [5.41, 5.74) is 11.3. The van der Waals surface area contributed by atoms with Crippen LogP contribution < -0.4 is 24.8 Å². The van der Waals surface area contributed by atoms with E-state index in [1.807, 2.05) is 0 Å². The zero-order valence-corrected chi connectivity index (χ0v) is 35.5. The molecule has 0 amide bonds. The third-order valence-corrected chi connectivity index (χ3v) is 8.80. The fourth-order valence-corrected chi connectivity index (χ4v) is 5.86. The second-order valence-corrected chi connectivity index (χ2v) is 23.7. The molecule has 0 spiro atoms. The standard InChI is InChI=1S/C23H27.C19H19.C2H6Si.2ClH.Zr/c1-6-16(2)19-14-18-8-7-9-21(22(18)15-19)17-10-12-20(13-11-17)23(3,4)5;1-13(2)15-7-9-16(10-8-15)18-6-4-5-17-11-14(3)12-19(17)18;1-3-2;;;/h7-16H,6H2,1-5H3;4-13H,1-3H3;1-2H3;2*1H;/q2*-1;;;;+2/p-2. The van der Waals surface area contributed by atoms with Gasteiger partial charge in [0, 0.05) is 0 Å². The number of fused-ring (bicyclic) bond motifs is 2. The zero-order valence-electron chi connectivity index (χ0n) is 30.5. The molecule has 0 heterocycles. The minimum atomic E-state index is 0. The van der Waals surface area contributed by atoms with Crippen LogP contribution in [-0.2, 0) is 28.8 Å². The van der Waals surface area contributed by atoms with Crippen LogP contribution in [0.15, 0.2) is 109 Å². The van der Waals surface area contributed by atoms with Gasteiger partial charge in [-0.15, -0.1) is 69.1 Å². The van der Waals surface area contributed by atoms with Gasteiger partial charge in [-0.25, -0.2) is 0 Å². The summed E-state index contributed by atoms with van der Waals surface area (Å²) in [6.07, 6.45) is 1.19. The molecule has 6 aromatic carbocycles. The number of halogens is 2. The SMILES string of the molecule is CCC(C)c1cc2c(-c3ccc(C(C)(C)C)cc3)cccc2[cH-]1.C[Si](C)=[Zr+2].Cc1cc2c(-c3ccc(C(C)C)cc3)cccc2[cH-]1.[Cl-].[Cl-]. The van der Waals surface area contributed by atoms with Gasteiger partial charge < -0.3 is 24.8 Å². The van der Waals surface area contributed by atoms with Gasteiger partial charge in [0.15, 0.2) is 0 Å². The Balaban J connectivity index is 0.000000293. The topological polar surface area (TPSA) is 0 Å². The number of hydrogen-bond donors (Lipinski definition) is 0. The second kappa shape index (κ2) is 18.7. The van der Waals surface area contributed by atoms with Crippen molar-refractivity contribution in [3.8, 4) is 22.3 Å². The number of aryl methyl sites for hydroxylation is 1. The molecular formula is C44H52Cl2SiZr-2. The predicted molar refractivity (Wildman–Crippen MR) is 204 cm³/mol. The van der Waals surface area contributed by atoms with Crippen molar-refractivity contribution in [3.05, 3.63) is 131 Å². The summed E-state index contributed by atoms with van der Waals surface area (Å²) in [5, 5.41) is 5.43. The van der Waals surface area contributed by atoms with E-state index in [0.717, 1.165) is 0 Å². The van der Waals surface area contributed by atoms with Crippen LogP contribution >= 0.6 is 0 Å². The van der Waals surface area contributed by atoms with Gasteiger partial charge >= 0.3 is 41.9 Å². The molecular weight excluding hydrogens is 719 g/mol. The molecule has 0 fully saturated rings. The maximum atomic E-state index is 2.39. The van der Waals surface area contributed by atoms with Gasteiger partial charge in [-0.1, -0.05) is 134 Å². The average molecular weight is 771 g/mol. The van der Waals surface area contributed by atoms with Gasteiger partial charge in [0.05, 0.1) is 0 Å². The number of benzene rings is 4. The summed E-state index contributed by atoms with van der Waals surface area (Å²) in [5.74, 6) is 1.21. The molecule has 1 unspecified atom stereocenters. The summed E-state index contributed by atoms with van der Waals surface area (Å²) >= 11 is 1.74. The van der Waals surface area contributed by atoms with Gasteiger partial charge in [-0.2, -0.15) is 12.1 Å². The molecule has 1 atom stereocenters. The Morgan fingerprint density at radius 2 is 1.15 bits per heavy atom. The fourth-order valence-electron chi connectivity index (χ4n) is 5.86. The van der Waals surface area contributed by atoms with Crippen molar-refractivity contribution in [3.63, 3.8) is 0 Å². The average Bonchev–Trinajstić information content (AvgIpc) is 3.63. The molecule has 0 radical (unpaired) electrons. The maximum Gasteiger partial charge on any atom is -0.0219 e. The molecule has 252 valence electrons. The third kappa shape index (κ3) is 10.9. The van der Waals surface area contributed by atoms with E-state index >= 15 is 0 Å². The molecule has 0 aliphatic rings. The summed E-state index contributed by atoms with van der Waals surface area (Å²) in [4.78, 5) is 0. The molecule has 0 saturated carbocycles. The van der Waals surface area contributed by atoms with E-state index in [0.29, 0.717) is 11.8 Å². The fraction of sp³-hybridized carbons (Fsp3) is 0.318. The Kier molecular flexibility index (Phi) is 16.3. The smallest absolute Gasteiger partial charge is 0.0219 e. The molecule has 6 aromatic rings. The third-order valence-electron chi connectivity index (χ3n) is 8.80. The molecule has 0 bridgehead atoms. The number of rotatable bonds is 5. The molecule has 48 heavy (non-hydrogen) atoms. The molecule has 0 aromatic heterocycles. The van der Waals surface area contributed by atoms with Crippen molar-refractivity contribution in [2.75, 3.05) is 0 Å². The van der Waals surface area contributed by atoms with Gasteiger partial charge in [0.25, 0.3) is 0 Å². The van der Waals surface area contributed by atoms with Crippen molar-refractivity contribution < 1.29 is 48.1 Å². The molecule has 0 aliphatic heterocycles. The van der Waals surface area contributed by atoms with E-state index in [-0.39, 0.29) is 35.7 Å². The van der Waals surface area contributed by atoms with Crippen LogP contribution in [0.2, 0.25) is 13.1 Å². The molecule has 4 heteroatoms. The first-order valence-corrected chi connectivity index (χ1v) is 23.1. The molecule has 0 nitrogen and oxygen atoms in total. The van der Waals surface area contributed by atoms with E-state index in [1.54, 1.807) is 23.3 Å². The zero-order chi connectivity index (χ0) is 33.6. The first kappa shape index (κ1) is 41.9. The van der Waals surface area contributed by atoms with Gasteiger partial charge in [0.2, 0.25) is 0 Å². The largest absolute Gasteiger partial charge is 1.00 e. The van der Waals surface area contributed by atoms with Gasteiger partial charge in [-0.05, 0) is 39.5 Å². The predicted octanol–water partition coefficient (Wildman–Crippen LogP) is 7.49. The molecule has 6 rings (SSSR count). The Morgan fingerprint density at radius 1 is 0.688 bits per heavy atom. The van der Waals surface area contributed by atoms with Crippen LogP contribution in [0.4, 0.5) is 0 Å². The van der Waals surface area contributed by atoms with Crippen LogP contribution in [0.25, 0.3) is 43.8 Å². The van der Waals surface area contributed by atoms with E-state index < -0.39 is 0 Å². The van der Waals surface area contributed by atoms with Crippen molar-refractivity contribution in [1.29, 1.82) is 0 Å². The Labute approximate surface area is 318 Å².